The van der Waals surface area contributed by atoms with Crippen molar-refractivity contribution in [2.24, 2.45) is 0 Å². The zero-order valence-corrected chi connectivity index (χ0v) is 13.5. The van der Waals surface area contributed by atoms with Gasteiger partial charge in [0.1, 0.15) is 23.4 Å². The molecule has 24 heavy (non-hydrogen) atoms. The number of benzene rings is 1. The van der Waals surface area contributed by atoms with E-state index in [1.807, 2.05) is 6.07 Å². The van der Waals surface area contributed by atoms with Crippen LogP contribution in [-0.4, -0.2) is 30.6 Å². The molecule has 0 aliphatic rings. The predicted molar refractivity (Wildman–Crippen MR) is 86.3 cm³/mol. The monoisotopic (exact) mass is 332 g/mol. The van der Waals surface area contributed by atoms with Gasteiger partial charge in [0.05, 0.1) is 13.7 Å². The molecule has 1 heterocycles. The number of ether oxygens (including phenoxy) is 1. The van der Waals surface area contributed by atoms with Crippen molar-refractivity contribution in [3.63, 3.8) is 0 Å². The van der Waals surface area contributed by atoms with E-state index in [9.17, 15) is 14.7 Å². The van der Waals surface area contributed by atoms with Crippen LogP contribution in [0.4, 0.5) is 0 Å². The van der Waals surface area contributed by atoms with Crippen molar-refractivity contribution < 1.29 is 23.8 Å². The highest BCUT2D eigenvalue weighted by Crippen LogP contribution is 2.15. The molecule has 1 atom stereocenters. The summed E-state index contributed by atoms with van der Waals surface area (Å²) in [5.74, 6) is 0.0694. The van der Waals surface area contributed by atoms with Crippen molar-refractivity contribution in [2.45, 2.75) is 19.6 Å². The Morgan fingerprint density at radius 1 is 1.21 bits per heavy atom. The van der Waals surface area contributed by atoms with Gasteiger partial charge < -0.3 is 24.9 Å². The summed E-state index contributed by atoms with van der Waals surface area (Å²) in [6, 6.07) is 10.5. The lowest BCUT2D eigenvalue weighted by atomic mass is 10.2. The molecule has 2 amide bonds. The first-order chi connectivity index (χ1) is 11.5. The number of methoxy groups -OCH3 is 1. The lowest BCUT2D eigenvalue weighted by Crippen LogP contribution is -2.41. The number of hydrogen-bond acceptors (Lipinski definition) is 5. The van der Waals surface area contributed by atoms with Gasteiger partial charge in [-0.05, 0) is 36.8 Å². The Morgan fingerprint density at radius 3 is 2.62 bits per heavy atom. The van der Waals surface area contributed by atoms with Crippen LogP contribution in [0.15, 0.2) is 40.8 Å². The Morgan fingerprint density at radius 2 is 1.96 bits per heavy atom. The molecule has 0 fully saturated rings. The standard InChI is InChI=1S/C17H20N2O5/c1-11-6-7-15(24-11)14(20)10-19-17(22)16(21)18-9-12-4-3-5-13(8-12)23-2/h3-8,14,20H,9-10H2,1-2H3,(H,18,21)(H,19,22). The van der Waals surface area contributed by atoms with Crippen molar-refractivity contribution in [2.75, 3.05) is 13.7 Å². The molecule has 128 valence electrons. The highest BCUT2D eigenvalue weighted by atomic mass is 16.5. The average molecular weight is 332 g/mol. The summed E-state index contributed by atoms with van der Waals surface area (Å²) >= 11 is 0. The normalized spacial score (nSPS) is 11.6. The first-order valence-electron chi connectivity index (χ1n) is 7.43. The number of nitrogens with one attached hydrogen (secondary N) is 2. The topological polar surface area (TPSA) is 101 Å². The SMILES string of the molecule is COc1cccc(CNC(=O)C(=O)NCC(O)c2ccc(C)o2)c1. The quantitative estimate of drug-likeness (QED) is 0.687. The minimum absolute atomic E-state index is 0.113. The first-order valence-corrected chi connectivity index (χ1v) is 7.43. The van der Waals surface area contributed by atoms with Crippen molar-refractivity contribution in [1.29, 1.82) is 0 Å². The number of furan rings is 1. The second-order valence-electron chi connectivity index (χ2n) is 5.21. The molecule has 1 aromatic heterocycles. The maximum absolute atomic E-state index is 11.8. The Hall–Kier alpha value is -2.80. The molecule has 1 aromatic carbocycles. The van der Waals surface area contributed by atoms with E-state index in [0.717, 1.165) is 5.56 Å². The van der Waals surface area contributed by atoms with Crippen molar-refractivity contribution in [1.82, 2.24) is 10.6 Å². The second-order valence-corrected chi connectivity index (χ2v) is 5.21. The number of aliphatic hydroxyl groups is 1. The lowest BCUT2D eigenvalue weighted by molar-refractivity contribution is -0.139. The lowest BCUT2D eigenvalue weighted by Gasteiger charge is -2.10. The summed E-state index contributed by atoms with van der Waals surface area (Å²) in [5, 5.41) is 14.7. The smallest absolute Gasteiger partial charge is 0.309 e. The summed E-state index contributed by atoms with van der Waals surface area (Å²) in [7, 11) is 1.55. The molecule has 0 radical (unpaired) electrons. The first kappa shape index (κ1) is 17.6. The summed E-state index contributed by atoms with van der Waals surface area (Å²) in [5.41, 5.74) is 0.807. The fraction of sp³-hybridized carbons (Fsp3) is 0.294. The molecular formula is C17H20N2O5. The minimum Gasteiger partial charge on any atom is -0.497 e. The molecule has 2 rings (SSSR count). The van der Waals surface area contributed by atoms with Gasteiger partial charge in [-0.3, -0.25) is 9.59 Å². The van der Waals surface area contributed by atoms with Crippen LogP contribution in [0.2, 0.25) is 0 Å². The van der Waals surface area contributed by atoms with Crippen LogP contribution in [0.3, 0.4) is 0 Å². The zero-order valence-electron chi connectivity index (χ0n) is 13.5. The van der Waals surface area contributed by atoms with Gasteiger partial charge in [0.25, 0.3) is 0 Å². The summed E-state index contributed by atoms with van der Waals surface area (Å²) in [4.78, 5) is 23.5. The Balaban J connectivity index is 1.78. The minimum atomic E-state index is -1.01. The molecule has 2 aromatic rings. The van der Waals surface area contributed by atoms with Crippen LogP contribution in [0.25, 0.3) is 0 Å². The summed E-state index contributed by atoms with van der Waals surface area (Å²) in [6.45, 7) is 1.84. The van der Waals surface area contributed by atoms with Gasteiger partial charge in [-0.1, -0.05) is 12.1 Å². The molecule has 0 aliphatic carbocycles. The van der Waals surface area contributed by atoms with Crippen LogP contribution in [0.5, 0.6) is 5.75 Å². The van der Waals surface area contributed by atoms with E-state index in [1.165, 1.54) is 0 Å². The number of hydrogen-bond donors (Lipinski definition) is 3. The van der Waals surface area contributed by atoms with E-state index >= 15 is 0 Å². The fourth-order valence-corrected chi connectivity index (χ4v) is 2.05. The van der Waals surface area contributed by atoms with Gasteiger partial charge in [0, 0.05) is 6.54 Å². The largest absolute Gasteiger partial charge is 0.497 e. The molecular weight excluding hydrogens is 312 g/mol. The third kappa shape index (κ3) is 4.85. The maximum atomic E-state index is 11.8. The van der Waals surface area contributed by atoms with Crippen LogP contribution in [-0.2, 0) is 16.1 Å². The predicted octanol–water partition coefficient (Wildman–Crippen LogP) is 1.06. The molecule has 0 bridgehead atoms. The molecule has 3 N–H and O–H groups in total. The third-order valence-electron chi connectivity index (χ3n) is 3.34. The van der Waals surface area contributed by atoms with Crippen LogP contribution < -0.4 is 15.4 Å². The number of aryl methyl sites for hydroxylation is 1. The maximum Gasteiger partial charge on any atom is 0.309 e. The van der Waals surface area contributed by atoms with Crippen LogP contribution in [0, 0.1) is 6.92 Å². The van der Waals surface area contributed by atoms with Gasteiger partial charge in [-0.25, -0.2) is 0 Å². The summed E-state index contributed by atoms with van der Waals surface area (Å²) < 4.78 is 10.3. The van der Waals surface area contributed by atoms with E-state index in [4.69, 9.17) is 9.15 Å². The Kier molecular flexibility index (Phi) is 5.97. The van der Waals surface area contributed by atoms with Gasteiger partial charge in [-0.15, -0.1) is 0 Å². The molecule has 0 spiro atoms. The van der Waals surface area contributed by atoms with E-state index in [0.29, 0.717) is 17.3 Å². The van der Waals surface area contributed by atoms with Gasteiger partial charge >= 0.3 is 11.8 Å². The molecule has 1 unspecified atom stereocenters. The van der Waals surface area contributed by atoms with E-state index in [-0.39, 0.29) is 13.1 Å². The van der Waals surface area contributed by atoms with E-state index < -0.39 is 17.9 Å². The fourth-order valence-electron chi connectivity index (χ4n) is 2.05. The van der Waals surface area contributed by atoms with Crippen LogP contribution in [0.1, 0.15) is 23.2 Å². The van der Waals surface area contributed by atoms with Crippen LogP contribution >= 0.6 is 0 Å². The third-order valence-corrected chi connectivity index (χ3v) is 3.34. The highest BCUT2D eigenvalue weighted by Gasteiger charge is 2.17. The Labute approximate surface area is 139 Å². The molecule has 0 saturated heterocycles. The number of aliphatic hydroxyl groups excluding tert-OH is 1. The molecule has 0 saturated carbocycles. The van der Waals surface area contributed by atoms with Gasteiger partial charge in [0.2, 0.25) is 0 Å². The number of carbonyl (C=O) groups is 2. The molecule has 7 heteroatoms. The summed E-state index contributed by atoms with van der Waals surface area (Å²) in [6.07, 6.45) is -1.01. The van der Waals surface area contributed by atoms with Crippen molar-refractivity contribution >= 4 is 11.8 Å². The number of carbonyl (C=O) groups excluding carboxylic acids is 2. The number of rotatable bonds is 6. The van der Waals surface area contributed by atoms with Gasteiger partial charge in [0.15, 0.2) is 0 Å². The number of amides is 2. The second kappa shape index (κ2) is 8.16. The zero-order chi connectivity index (χ0) is 17.5. The molecule has 0 aliphatic heterocycles. The molecule has 7 nitrogen and oxygen atoms in total. The van der Waals surface area contributed by atoms with E-state index in [2.05, 4.69) is 10.6 Å². The Bertz CT molecular complexity index is 711. The van der Waals surface area contributed by atoms with Crippen molar-refractivity contribution in [3.05, 3.63) is 53.5 Å². The van der Waals surface area contributed by atoms with Crippen molar-refractivity contribution in [3.8, 4) is 5.75 Å². The van der Waals surface area contributed by atoms with Gasteiger partial charge in [-0.2, -0.15) is 0 Å². The van der Waals surface area contributed by atoms with E-state index in [1.54, 1.807) is 44.4 Å². The average Bonchev–Trinajstić information content (AvgIpc) is 3.03. The highest BCUT2D eigenvalue weighted by molar-refractivity contribution is 6.35.